The van der Waals surface area contributed by atoms with Gasteiger partial charge < -0.3 is 19.5 Å². The molecule has 0 saturated carbocycles. The highest BCUT2D eigenvalue weighted by atomic mass is 16.5. The minimum absolute atomic E-state index is 0.285. The van der Waals surface area contributed by atoms with E-state index in [0.29, 0.717) is 13.2 Å². The van der Waals surface area contributed by atoms with Gasteiger partial charge in [0, 0.05) is 13.1 Å². The van der Waals surface area contributed by atoms with Crippen LogP contribution in [0.4, 0.5) is 0 Å². The number of para-hydroxylation sites is 1. The average molecular weight is 343 g/mol. The number of nitrogens with zero attached hydrogens (tertiary/aromatic N) is 1. The summed E-state index contributed by atoms with van der Waals surface area (Å²) >= 11 is 0. The van der Waals surface area contributed by atoms with Crippen molar-refractivity contribution in [3.05, 3.63) is 59.2 Å². The number of aliphatic hydroxyl groups excluding tert-OH is 1. The number of hydrogen-bond acceptors (Lipinski definition) is 4. The molecule has 2 aromatic rings. The molecule has 0 aliphatic heterocycles. The fraction of sp³-hybridized carbons (Fsp3) is 0.429. The molecule has 0 amide bonds. The summed E-state index contributed by atoms with van der Waals surface area (Å²) in [5, 5.41) is 10.2. The molecule has 1 unspecified atom stereocenters. The Hall–Kier alpha value is -2.04. The Balaban J connectivity index is 1.68. The molecule has 1 atom stereocenters. The fourth-order valence-electron chi connectivity index (χ4n) is 2.74. The molecular weight excluding hydrogens is 314 g/mol. The average Bonchev–Trinajstić information content (AvgIpc) is 2.53. The molecule has 4 nitrogen and oxygen atoms in total. The maximum absolute atomic E-state index is 10.2. The first-order chi connectivity index (χ1) is 11.9. The Bertz CT molecular complexity index is 652. The molecule has 2 aromatic carbocycles. The van der Waals surface area contributed by atoms with E-state index in [0.717, 1.165) is 23.6 Å². The number of aliphatic hydroxyl groups is 1. The number of hydrogen-bond donors (Lipinski definition) is 1. The molecule has 2 rings (SSSR count). The number of rotatable bonds is 9. The van der Waals surface area contributed by atoms with Crippen molar-refractivity contribution in [3.8, 4) is 11.5 Å². The van der Waals surface area contributed by atoms with Crippen LogP contribution in [0.1, 0.15) is 16.7 Å². The first-order valence-corrected chi connectivity index (χ1v) is 8.70. The first-order valence-electron chi connectivity index (χ1n) is 8.70. The van der Waals surface area contributed by atoms with Crippen molar-refractivity contribution < 1.29 is 14.6 Å². The molecule has 0 aliphatic rings. The van der Waals surface area contributed by atoms with E-state index in [-0.39, 0.29) is 6.61 Å². The molecule has 0 heterocycles. The lowest BCUT2D eigenvalue weighted by Crippen LogP contribution is -2.35. The third-order valence-electron chi connectivity index (χ3n) is 3.98. The van der Waals surface area contributed by atoms with Crippen molar-refractivity contribution in [1.29, 1.82) is 0 Å². The van der Waals surface area contributed by atoms with Crippen LogP contribution in [0.5, 0.6) is 11.5 Å². The van der Waals surface area contributed by atoms with E-state index in [1.807, 2.05) is 50.4 Å². The number of ether oxygens (including phenoxy) is 2. The normalized spacial score (nSPS) is 12.2. The number of aryl methyl sites for hydroxylation is 3. The molecule has 25 heavy (non-hydrogen) atoms. The van der Waals surface area contributed by atoms with E-state index in [1.54, 1.807) is 0 Å². The van der Waals surface area contributed by atoms with Crippen molar-refractivity contribution in [3.63, 3.8) is 0 Å². The highest BCUT2D eigenvalue weighted by molar-refractivity contribution is 5.33. The van der Waals surface area contributed by atoms with E-state index in [1.165, 1.54) is 11.1 Å². The van der Waals surface area contributed by atoms with Gasteiger partial charge in [-0.2, -0.15) is 0 Å². The van der Waals surface area contributed by atoms with Gasteiger partial charge in [-0.05, 0) is 62.7 Å². The zero-order valence-corrected chi connectivity index (χ0v) is 15.7. The van der Waals surface area contributed by atoms with Crippen LogP contribution < -0.4 is 9.47 Å². The van der Waals surface area contributed by atoms with Gasteiger partial charge in [0.1, 0.15) is 30.8 Å². The van der Waals surface area contributed by atoms with Crippen LogP contribution in [-0.4, -0.2) is 49.5 Å². The molecule has 4 heteroatoms. The Morgan fingerprint density at radius 1 is 1.00 bits per heavy atom. The maximum atomic E-state index is 10.2. The molecule has 0 saturated heterocycles. The van der Waals surface area contributed by atoms with Gasteiger partial charge >= 0.3 is 0 Å². The van der Waals surface area contributed by atoms with Gasteiger partial charge in [-0.15, -0.1) is 0 Å². The van der Waals surface area contributed by atoms with E-state index in [9.17, 15) is 5.11 Å². The lowest BCUT2D eigenvalue weighted by molar-refractivity contribution is 0.0720. The van der Waals surface area contributed by atoms with Gasteiger partial charge in [-0.3, -0.25) is 0 Å². The summed E-state index contributed by atoms with van der Waals surface area (Å²) in [6.07, 6.45) is -0.536. The van der Waals surface area contributed by atoms with Crippen LogP contribution >= 0.6 is 0 Å². The summed E-state index contributed by atoms with van der Waals surface area (Å²) in [7, 11) is 1.97. The van der Waals surface area contributed by atoms with Crippen LogP contribution in [-0.2, 0) is 0 Å². The SMILES string of the molecule is Cc1cc(C)cc(OCCN(C)CC(O)COc2ccccc2C)c1. The van der Waals surface area contributed by atoms with Gasteiger partial charge in [0.2, 0.25) is 0 Å². The predicted octanol–water partition coefficient (Wildman–Crippen LogP) is 3.36. The third kappa shape index (κ3) is 6.77. The Labute approximate surface area is 151 Å². The summed E-state index contributed by atoms with van der Waals surface area (Å²) in [4.78, 5) is 2.05. The molecule has 0 aromatic heterocycles. The van der Waals surface area contributed by atoms with Crippen molar-refractivity contribution in [1.82, 2.24) is 4.90 Å². The number of benzene rings is 2. The smallest absolute Gasteiger partial charge is 0.122 e. The molecule has 0 fully saturated rings. The second kappa shape index (κ2) is 9.44. The molecule has 0 aliphatic carbocycles. The quantitative estimate of drug-likeness (QED) is 0.758. The Morgan fingerprint density at radius 3 is 2.36 bits per heavy atom. The Kier molecular flexibility index (Phi) is 7.29. The van der Waals surface area contributed by atoms with Crippen LogP contribution in [0.15, 0.2) is 42.5 Å². The third-order valence-corrected chi connectivity index (χ3v) is 3.98. The van der Waals surface area contributed by atoms with Gasteiger partial charge in [-0.1, -0.05) is 24.3 Å². The molecular formula is C21H29NO3. The van der Waals surface area contributed by atoms with Gasteiger partial charge in [-0.25, -0.2) is 0 Å². The summed E-state index contributed by atoms with van der Waals surface area (Å²) < 4.78 is 11.5. The maximum Gasteiger partial charge on any atom is 0.122 e. The monoisotopic (exact) mass is 343 g/mol. The van der Waals surface area contributed by atoms with Crippen molar-refractivity contribution >= 4 is 0 Å². The van der Waals surface area contributed by atoms with Crippen LogP contribution in [0.3, 0.4) is 0 Å². The highest BCUT2D eigenvalue weighted by Gasteiger charge is 2.10. The molecule has 1 N–H and O–H groups in total. The van der Waals surface area contributed by atoms with Gasteiger partial charge in [0.05, 0.1) is 0 Å². The molecule has 0 bridgehead atoms. The zero-order valence-electron chi connectivity index (χ0n) is 15.7. The highest BCUT2D eigenvalue weighted by Crippen LogP contribution is 2.17. The Morgan fingerprint density at radius 2 is 1.68 bits per heavy atom. The van der Waals surface area contributed by atoms with Crippen molar-refractivity contribution in [2.45, 2.75) is 26.9 Å². The van der Waals surface area contributed by atoms with Crippen molar-refractivity contribution in [2.24, 2.45) is 0 Å². The molecule has 136 valence electrons. The lowest BCUT2D eigenvalue weighted by Gasteiger charge is -2.21. The minimum Gasteiger partial charge on any atom is -0.492 e. The lowest BCUT2D eigenvalue weighted by atomic mass is 10.1. The van der Waals surface area contributed by atoms with E-state index in [2.05, 4.69) is 24.8 Å². The van der Waals surface area contributed by atoms with Crippen LogP contribution in [0, 0.1) is 20.8 Å². The standard InChI is InChI=1S/C21H29NO3/c1-16-11-17(2)13-20(12-16)24-10-9-22(4)14-19(23)15-25-21-8-6-5-7-18(21)3/h5-8,11-13,19,23H,9-10,14-15H2,1-4H3. The summed E-state index contributed by atoms with van der Waals surface area (Å²) in [6.45, 7) is 8.29. The fourth-order valence-corrected chi connectivity index (χ4v) is 2.74. The zero-order chi connectivity index (χ0) is 18.2. The minimum atomic E-state index is -0.536. The molecule has 0 spiro atoms. The van der Waals surface area contributed by atoms with E-state index >= 15 is 0 Å². The summed E-state index contributed by atoms with van der Waals surface area (Å²) in [6, 6.07) is 14.0. The predicted molar refractivity (Wildman–Crippen MR) is 102 cm³/mol. The summed E-state index contributed by atoms with van der Waals surface area (Å²) in [5.41, 5.74) is 3.48. The van der Waals surface area contributed by atoms with E-state index in [4.69, 9.17) is 9.47 Å². The topological polar surface area (TPSA) is 41.9 Å². The number of likely N-dealkylation sites (N-methyl/N-ethyl adjacent to an activating group) is 1. The van der Waals surface area contributed by atoms with Gasteiger partial charge in [0.15, 0.2) is 0 Å². The largest absolute Gasteiger partial charge is 0.492 e. The second-order valence-electron chi connectivity index (χ2n) is 6.66. The summed E-state index contributed by atoms with van der Waals surface area (Å²) in [5.74, 6) is 1.72. The van der Waals surface area contributed by atoms with E-state index < -0.39 is 6.10 Å². The van der Waals surface area contributed by atoms with Crippen molar-refractivity contribution in [2.75, 3.05) is 33.4 Å². The van der Waals surface area contributed by atoms with Crippen LogP contribution in [0.25, 0.3) is 0 Å². The first kappa shape index (κ1) is 19.3. The van der Waals surface area contributed by atoms with Gasteiger partial charge in [0.25, 0.3) is 0 Å². The molecule has 0 radical (unpaired) electrons. The van der Waals surface area contributed by atoms with Crippen LogP contribution in [0.2, 0.25) is 0 Å². The second-order valence-corrected chi connectivity index (χ2v) is 6.66.